The number of benzene rings is 1. The van der Waals surface area contributed by atoms with Gasteiger partial charge >= 0.3 is 5.97 Å². The van der Waals surface area contributed by atoms with E-state index in [1.165, 1.54) is 6.92 Å². The third-order valence-electron chi connectivity index (χ3n) is 2.34. The topological polar surface area (TPSA) is 78.4 Å². The third-order valence-corrected chi connectivity index (χ3v) is 3.23. The van der Waals surface area contributed by atoms with Gasteiger partial charge in [0, 0.05) is 23.6 Å². The molecule has 1 aromatic rings. The Labute approximate surface area is 114 Å². The van der Waals surface area contributed by atoms with Gasteiger partial charge in [-0.1, -0.05) is 15.9 Å². The summed E-state index contributed by atoms with van der Waals surface area (Å²) in [5.41, 5.74) is 1.86. The standard InChI is InChI=1S/C12H15BrN2O3/c1-7-5-9(3-4-10(7)13)14-6-11(12(17)18)15-8(2)16/h3-5,11,14H,6H2,1-2H3,(H,15,16)(H,17,18). The molecule has 5 nitrogen and oxygen atoms in total. The van der Waals surface area contributed by atoms with Crippen molar-refractivity contribution >= 4 is 33.5 Å². The number of aryl methyl sites for hydroxylation is 1. The molecule has 1 aromatic carbocycles. The van der Waals surface area contributed by atoms with Crippen molar-refractivity contribution in [2.75, 3.05) is 11.9 Å². The monoisotopic (exact) mass is 314 g/mol. The molecule has 0 saturated carbocycles. The summed E-state index contributed by atoms with van der Waals surface area (Å²) in [4.78, 5) is 21.8. The van der Waals surface area contributed by atoms with Crippen molar-refractivity contribution in [2.45, 2.75) is 19.9 Å². The average Bonchev–Trinajstić information content (AvgIpc) is 2.28. The second kappa shape index (κ2) is 6.39. The summed E-state index contributed by atoms with van der Waals surface area (Å²) in [5, 5.41) is 14.3. The van der Waals surface area contributed by atoms with Crippen LogP contribution in [0.3, 0.4) is 0 Å². The molecule has 0 aliphatic carbocycles. The van der Waals surface area contributed by atoms with Crippen LogP contribution in [0.15, 0.2) is 22.7 Å². The van der Waals surface area contributed by atoms with Gasteiger partial charge in [-0.25, -0.2) is 4.79 Å². The normalized spacial score (nSPS) is 11.7. The van der Waals surface area contributed by atoms with Gasteiger partial charge in [0.25, 0.3) is 0 Å². The van der Waals surface area contributed by atoms with Crippen LogP contribution >= 0.6 is 15.9 Å². The summed E-state index contributed by atoms with van der Waals surface area (Å²) in [6.07, 6.45) is 0. The van der Waals surface area contributed by atoms with E-state index in [-0.39, 0.29) is 12.5 Å². The molecule has 1 amide bonds. The maximum atomic E-state index is 10.9. The Morgan fingerprint density at radius 1 is 1.44 bits per heavy atom. The van der Waals surface area contributed by atoms with Crippen LogP contribution in [-0.2, 0) is 9.59 Å². The molecule has 0 radical (unpaired) electrons. The summed E-state index contributed by atoms with van der Waals surface area (Å²) in [7, 11) is 0. The van der Waals surface area contributed by atoms with Gasteiger partial charge in [0.15, 0.2) is 0 Å². The van der Waals surface area contributed by atoms with Crippen molar-refractivity contribution in [2.24, 2.45) is 0 Å². The number of amides is 1. The summed E-state index contributed by atoms with van der Waals surface area (Å²) in [5.74, 6) is -1.43. The fraction of sp³-hybridized carbons (Fsp3) is 0.333. The van der Waals surface area contributed by atoms with Gasteiger partial charge in [-0.3, -0.25) is 4.79 Å². The van der Waals surface area contributed by atoms with Gasteiger partial charge in [-0.05, 0) is 30.7 Å². The summed E-state index contributed by atoms with van der Waals surface area (Å²) >= 11 is 3.39. The summed E-state index contributed by atoms with van der Waals surface area (Å²) in [6, 6.07) is 4.68. The Hall–Kier alpha value is -1.56. The Morgan fingerprint density at radius 3 is 2.61 bits per heavy atom. The Bertz CT molecular complexity index is 463. The molecule has 0 fully saturated rings. The lowest BCUT2D eigenvalue weighted by Gasteiger charge is -2.15. The first-order valence-electron chi connectivity index (χ1n) is 5.40. The molecule has 0 saturated heterocycles. The van der Waals surface area contributed by atoms with Crippen molar-refractivity contribution in [3.63, 3.8) is 0 Å². The molecule has 3 N–H and O–H groups in total. The van der Waals surface area contributed by atoms with E-state index in [1.807, 2.05) is 25.1 Å². The first-order valence-corrected chi connectivity index (χ1v) is 6.19. The van der Waals surface area contributed by atoms with Gasteiger partial charge in [0.1, 0.15) is 6.04 Å². The highest BCUT2D eigenvalue weighted by Crippen LogP contribution is 2.19. The molecule has 0 aromatic heterocycles. The van der Waals surface area contributed by atoms with Gasteiger partial charge in [-0.2, -0.15) is 0 Å². The number of carboxylic acid groups (broad SMARTS) is 1. The number of carboxylic acids is 1. The highest BCUT2D eigenvalue weighted by Gasteiger charge is 2.17. The Balaban J connectivity index is 2.64. The number of halogens is 1. The second-order valence-corrected chi connectivity index (χ2v) is 4.79. The number of nitrogens with one attached hydrogen (secondary N) is 2. The van der Waals surface area contributed by atoms with Crippen LogP contribution in [0.2, 0.25) is 0 Å². The Kier molecular flexibility index (Phi) is 5.15. The number of anilines is 1. The van der Waals surface area contributed by atoms with Gasteiger partial charge in [0.2, 0.25) is 5.91 Å². The highest BCUT2D eigenvalue weighted by molar-refractivity contribution is 9.10. The van der Waals surface area contributed by atoms with E-state index >= 15 is 0 Å². The second-order valence-electron chi connectivity index (χ2n) is 3.94. The van der Waals surface area contributed by atoms with E-state index in [9.17, 15) is 9.59 Å². The van der Waals surface area contributed by atoms with Crippen LogP contribution in [0.5, 0.6) is 0 Å². The predicted molar refractivity (Wildman–Crippen MR) is 72.6 cm³/mol. The number of hydrogen-bond donors (Lipinski definition) is 3. The van der Waals surface area contributed by atoms with Crippen LogP contribution < -0.4 is 10.6 Å². The molecule has 1 atom stereocenters. The van der Waals surface area contributed by atoms with Crippen molar-refractivity contribution in [3.05, 3.63) is 28.2 Å². The Morgan fingerprint density at radius 2 is 2.11 bits per heavy atom. The van der Waals surface area contributed by atoms with Crippen LogP contribution in [0, 0.1) is 6.92 Å². The van der Waals surface area contributed by atoms with Crippen molar-refractivity contribution < 1.29 is 14.7 Å². The maximum Gasteiger partial charge on any atom is 0.328 e. The first kappa shape index (κ1) is 14.5. The van der Waals surface area contributed by atoms with Crippen molar-refractivity contribution in [1.29, 1.82) is 0 Å². The van der Waals surface area contributed by atoms with Gasteiger partial charge in [0.05, 0.1) is 0 Å². The van der Waals surface area contributed by atoms with E-state index in [1.54, 1.807) is 0 Å². The largest absolute Gasteiger partial charge is 0.480 e. The molecule has 1 unspecified atom stereocenters. The van der Waals surface area contributed by atoms with E-state index in [0.29, 0.717) is 0 Å². The van der Waals surface area contributed by atoms with E-state index in [4.69, 9.17) is 5.11 Å². The van der Waals surface area contributed by atoms with Crippen molar-refractivity contribution in [1.82, 2.24) is 5.32 Å². The van der Waals surface area contributed by atoms with Crippen LogP contribution in [0.4, 0.5) is 5.69 Å². The summed E-state index contributed by atoms with van der Waals surface area (Å²) in [6.45, 7) is 3.37. The minimum atomic E-state index is -1.06. The third kappa shape index (κ3) is 4.37. The van der Waals surface area contributed by atoms with Crippen molar-refractivity contribution in [3.8, 4) is 0 Å². The molecule has 6 heteroatoms. The van der Waals surface area contributed by atoms with Gasteiger partial charge in [-0.15, -0.1) is 0 Å². The number of carbonyl (C=O) groups excluding carboxylic acids is 1. The van der Waals surface area contributed by atoms with Crippen LogP contribution in [-0.4, -0.2) is 29.6 Å². The van der Waals surface area contributed by atoms with E-state index in [2.05, 4.69) is 26.6 Å². The van der Waals surface area contributed by atoms with Gasteiger partial charge < -0.3 is 15.7 Å². The molecular formula is C12H15BrN2O3. The minimum Gasteiger partial charge on any atom is -0.480 e. The van der Waals surface area contributed by atoms with E-state index < -0.39 is 12.0 Å². The minimum absolute atomic E-state index is 0.135. The quantitative estimate of drug-likeness (QED) is 0.774. The zero-order chi connectivity index (χ0) is 13.7. The molecule has 98 valence electrons. The number of hydrogen-bond acceptors (Lipinski definition) is 3. The molecule has 0 aliphatic rings. The molecule has 0 aliphatic heterocycles. The lowest BCUT2D eigenvalue weighted by Crippen LogP contribution is -2.44. The fourth-order valence-corrected chi connectivity index (χ4v) is 1.67. The molecule has 1 rings (SSSR count). The first-order chi connectivity index (χ1) is 8.40. The predicted octanol–water partition coefficient (Wildman–Crippen LogP) is 1.76. The lowest BCUT2D eigenvalue weighted by molar-refractivity contribution is -0.141. The molecule has 0 bridgehead atoms. The fourth-order valence-electron chi connectivity index (χ4n) is 1.42. The highest BCUT2D eigenvalue weighted by atomic mass is 79.9. The molecule has 0 spiro atoms. The number of aliphatic carboxylic acids is 1. The van der Waals surface area contributed by atoms with Crippen LogP contribution in [0.1, 0.15) is 12.5 Å². The average molecular weight is 315 g/mol. The molecule has 0 heterocycles. The molecule has 18 heavy (non-hydrogen) atoms. The maximum absolute atomic E-state index is 10.9. The number of rotatable bonds is 5. The van der Waals surface area contributed by atoms with E-state index in [0.717, 1.165) is 15.7 Å². The smallest absolute Gasteiger partial charge is 0.328 e. The molecular weight excluding hydrogens is 300 g/mol. The zero-order valence-electron chi connectivity index (χ0n) is 10.2. The number of carbonyl (C=O) groups is 2. The summed E-state index contributed by atoms with van der Waals surface area (Å²) < 4.78 is 0.990. The zero-order valence-corrected chi connectivity index (χ0v) is 11.7. The van der Waals surface area contributed by atoms with Crippen LogP contribution in [0.25, 0.3) is 0 Å². The lowest BCUT2D eigenvalue weighted by atomic mass is 10.2. The SMILES string of the molecule is CC(=O)NC(CNc1ccc(Br)c(C)c1)C(=O)O.